The summed E-state index contributed by atoms with van der Waals surface area (Å²) in [6.07, 6.45) is -1.42. The molecular weight excluding hydrogens is 316 g/mol. The van der Waals surface area contributed by atoms with Crippen LogP contribution in [0.1, 0.15) is 22.0 Å². The molecule has 126 valence electrons. The highest BCUT2D eigenvalue weighted by Gasteiger charge is 2.33. The summed E-state index contributed by atoms with van der Waals surface area (Å²) in [5.41, 5.74) is 0.837. The van der Waals surface area contributed by atoms with Crippen molar-refractivity contribution >= 4 is 5.97 Å². The molecule has 1 aliphatic rings. The van der Waals surface area contributed by atoms with Crippen LogP contribution in [0.4, 0.5) is 0 Å². The van der Waals surface area contributed by atoms with E-state index in [-0.39, 0.29) is 18.1 Å². The molecule has 0 spiro atoms. The van der Waals surface area contributed by atoms with Crippen LogP contribution in [0.2, 0.25) is 0 Å². The van der Waals surface area contributed by atoms with E-state index < -0.39 is 18.2 Å². The van der Waals surface area contributed by atoms with Gasteiger partial charge in [0.15, 0.2) is 35.2 Å². The second kappa shape index (κ2) is 6.29. The molecule has 2 aromatic rings. The Morgan fingerprint density at radius 1 is 1.08 bits per heavy atom. The van der Waals surface area contributed by atoms with Gasteiger partial charge in [-0.3, -0.25) is 0 Å². The highest BCUT2D eigenvalue weighted by Crippen LogP contribution is 2.41. The van der Waals surface area contributed by atoms with Gasteiger partial charge < -0.3 is 29.5 Å². The predicted molar refractivity (Wildman–Crippen MR) is 82.4 cm³/mol. The molecule has 0 saturated heterocycles. The van der Waals surface area contributed by atoms with Gasteiger partial charge in [-0.15, -0.1) is 0 Å². The second-order valence-corrected chi connectivity index (χ2v) is 5.28. The zero-order chi connectivity index (χ0) is 17.3. The number of esters is 1. The minimum absolute atomic E-state index is 0.251. The van der Waals surface area contributed by atoms with Crippen LogP contribution in [0.25, 0.3) is 0 Å². The fourth-order valence-electron chi connectivity index (χ4n) is 2.51. The molecule has 0 aromatic heterocycles. The van der Waals surface area contributed by atoms with Crippen LogP contribution in [0.5, 0.6) is 23.0 Å². The van der Waals surface area contributed by atoms with Crippen LogP contribution < -0.4 is 9.47 Å². The van der Waals surface area contributed by atoms with Crippen molar-refractivity contribution in [2.24, 2.45) is 0 Å². The number of benzene rings is 2. The number of hydrogen-bond donors (Lipinski definition) is 3. The van der Waals surface area contributed by atoms with Crippen LogP contribution in [-0.2, 0) is 4.74 Å². The van der Waals surface area contributed by atoms with Gasteiger partial charge in [0.25, 0.3) is 0 Å². The zero-order valence-corrected chi connectivity index (χ0v) is 12.8. The summed E-state index contributed by atoms with van der Waals surface area (Å²) in [5, 5.41) is 28.7. The van der Waals surface area contributed by atoms with Gasteiger partial charge in [-0.05, 0) is 30.3 Å². The van der Waals surface area contributed by atoms with Crippen LogP contribution in [0, 0.1) is 0 Å². The lowest BCUT2D eigenvalue weighted by molar-refractivity contribution is -0.0125. The second-order valence-electron chi connectivity index (χ2n) is 5.28. The number of carbonyl (C=O) groups excluding carboxylic acids is 1. The number of aromatic hydroxyl groups is 2. The SMILES string of the molecule is COC(=O)c1ccc2c(c1)O[C@@H](CO)[C@H](c1ccc(O)c(O)c1)O2. The van der Waals surface area contributed by atoms with Crippen LogP contribution in [0.3, 0.4) is 0 Å². The third-order valence-corrected chi connectivity index (χ3v) is 3.74. The van der Waals surface area contributed by atoms with E-state index in [2.05, 4.69) is 4.74 Å². The van der Waals surface area contributed by atoms with Gasteiger partial charge in [-0.25, -0.2) is 4.79 Å². The van der Waals surface area contributed by atoms with Gasteiger partial charge >= 0.3 is 5.97 Å². The number of carbonyl (C=O) groups is 1. The number of hydrogen-bond acceptors (Lipinski definition) is 7. The average molecular weight is 332 g/mol. The maximum Gasteiger partial charge on any atom is 0.337 e. The number of phenolic OH excluding ortho intramolecular Hbond substituents is 2. The van der Waals surface area contributed by atoms with Gasteiger partial charge in [0, 0.05) is 5.56 Å². The van der Waals surface area contributed by atoms with Crippen molar-refractivity contribution in [3.8, 4) is 23.0 Å². The molecule has 7 heteroatoms. The molecule has 0 radical (unpaired) electrons. The number of phenols is 2. The maximum absolute atomic E-state index is 11.6. The molecule has 0 bridgehead atoms. The first-order valence-corrected chi connectivity index (χ1v) is 7.22. The first-order chi connectivity index (χ1) is 11.5. The van der Waals surface area contributed by atoms with E-state index in [1.807, 2.05) is 0 Å². The molecule has 3 rings (SSSR count). The van der Waals surface area contributed by atoms with E-state index in [4.69, 9.17) is 9.47 Å². The van der Waals surface area contributed by atoms with Crippen LogP contribution in [-0.4, -0.2) is 41.1 Å². The van der Waals surface area contributed by atoms with Crippen molar-refractivity contribution in [1.29, 1.82) is 0 Å². The van der Waals surface area contributed by atoms with Crippen molar-refractivity contribution in [3.63, 3.8) is 0 Å². The van der Waals surface area contributed by atoms with E-state index in [0.717, 1.165) is 0 Å². The lowest BCUT2D eigenvalue weighted by Gasteiger charge is -2.33. The van der Waals surface area contributed by atoms with E-state index in [1.165, 1.54) is 25.3 Å². The van der Waals surface area contributed by atoms with Crippen molar-refractivity contribution in [1.82, 2.24) is 0 Å². The summed E-state index contributed by atoms with van der Waals surface area (Å²) >= 11 is 0. The number of aliphatic hydroxyl groups is 1. The van der Waals surface area contributed by atoms with Crippen molar-refractivity contribution in [2.45, 2.75) is 12.2 Å². The molecular formula is C17H16O7. The molecule has 0 saturated carbocycles. The lowest BCUT2D eigenvalue weighted by Crippen LogP contribution is -2.36. The number of methoxy groups -OCH3 is 1. The molecule has 0 fully saturated rings. The summed E-state index contributed by atoms with van der Waals surface area (Å²) in [5.74, 6) is -0.340. The van der Waals surface area contributed by atoms with Crippen LogP contribution >= 0.6 is 0 Å². The Hall–Kier alpha value is -2.93. The molecule has 2 atom stereocenters. The Morgan fingerprint density at radius 2 is 1.88 bits per heavy atom. The topological polar surface area (TPSA) is 105 Å². The van der Waals surface area contributed by atoms with E-state index in [9.17, 15) is 20.1 Å². The number of fused-ring (bicyclic) bond motifs is 1. The molecule has 3 N–H and O–H groups in total. The molecule has 0 aliphatic carbocycles. The Kier molecular flexibility index (Phi) is 4.18. The van der Waals surface area contributed by atoms with Crippen molar-refractivity contribution in [3.05, 3.63) is 47.5 Å². The van der Waals surface area contributed by atoms with Gasteiger partial charge in [-0.2, -0.15) is 0 Å². The number of rotatable bonds is 3. The normalized spacial score (nSPS) is 18.9. The van der Waals surface area contributed by atoms with E-state index in [0.29, 0.717) is 22.6 Å². The Balaban J connectivity index is 1.94. The summed E-state index contributed by atoms with van der Waals surface area (Å²) in [6, 6.07) is 8.84. The lowest BCUT2D eigenvalue weighted by atomic mass is 10.0. The third-order valence-electron chi connectivity index (χ3n) is 3.74. The maximum atomic E-state index is 11.6. The molecule has 1 aliphatic heterocycles. The molecule has 0 unspecified atom stereocenters. The Labute approximate surface area is 137 Å². The minimum atomic E-state index is -0.741. The van der Waals surface area contributed by atoms with Gasteiger partial charge in [0.1, 0.15) is 0 Å². The molecule has 1 heterocycles. The molecule has 2 aromatic carbocycles. The smallest absolute Gasteiger partial charge is 0.337 e. The van der Waals surface area contributed by atoms with Gasteiger partial charge in [0.2, 0.25) is 0 Å². The molecule has 0 amide bonds. The number of aliphatic hydroxyl groups excluding tert-OH is 1. The third kappa shape index (κ3) is 2.81. The Bertz CT molecular complexity index is 772. The fourth-order valence-corrected chi connectivity index (χ4v) is 2.51. The predicted octanol–water partition coefficient (Wildman–Crippen LogP) is 1.76. The van der Waals surface area contributed by atoms with Gasteiger partial charge in [0.05, 0.1) is 19.3 Å². The highest BCUT2D eigenvalue weighted by molar-refractivity contribution is 5.90. The zero-order valence-electron chi connectivity index (χ0n) is 12.8. The van der Waals surface area contributed by atoms with Crippen LogP contribution in [0.15, 0.2) is 36.4 Å². The van der Waals surface area contributed by atoms with Gasteiger partial charge in [-0.1, -0.05) is 6.07 Å². The summed E-state index contributed by atoms with van der Waals surface area (Å²) in [6.45, 7) is -0.339. The minimum Gasteiger partial charge on any atom is -0.504 e. The molecule has 24 heavy (non-hydrogen) atoms. The fraction of sp³-hybridized carbons (Fsp3) is 0.235. The standard InChI is InChI=1S/C17H16O7/c1-22-17(21)10-3-5-13-14(7-10)23-15(8-18)16(24-13)9-2-4-11(19)12(20)6-9/h2-7,15-16,18-20H,8H2,1H3/t15-,16-/m0/s1. The van der Waals surface area contributed by atoms with E-state index in [1.54, 1.807) is 18.2 Å². The van der Waals surface area contributed by atoms with E-state index >= 15 is 0 Å². The number of ether oxygens (including phenoxy) is 3. The van der Waals surface area contributed by atoms with Crippen molar-refractivity contribution < 1.29 is 34.3 Å². The largest absolute Gasteiger partial charge is 0.504 e. The summed E-state index contributed by atoms with van der Waals surface area (Å²) in [7, 11) is 1.28. The Morgan fingerprint density at radius 3 is 2.54 bits per heavy atom. The first-order valence-electron chi connectivity index (χ1n) is 7.22. The summed E-state index contributed by atoms with van der Waals surface area (Å²) < 4.78 is 16.2. The first kappa shape index (κ1) is 15.9. The highest BCUT2D eigenvalue weighted by atomic mass is 16.6. The monoisotopic (exact) mass is 332 g/mol. The molecule has 7 nitrogen and oxygen atoms in total. The van der Waals surface area contributed by atoms with Crippen molar-refractivity contribution in [2.75, 3.05) is 13.7 Å². The summed E-state index contributed by atoms with van der Waals surface area (Å²) in [4.78, 5) is 11.6. The quantitative estimate of drug-likeness (QED) is 0.581. The average Bonchev–Trinajstić information content (AvgIpc) is 2.61.